The van der Waals surface area contributed by atoms with E-state index >= 15 is 0 Å². The van der Waals surface area contributed by atoms with Crippen molar-refractivity contribution in [2.75, 3.05) is 13.2 Å². The predicted molar refractivity (Wildman–Crippen MR) is 86.3 cm³/mol. The number of esters is 1. The number of carbonyl (C=O) groups is 1. The van der Waals surface area contributed by atoms with Crippen LogP contribution < -0.4 is 4.74 Å². The fourth-order valence-corrected chi connectivity index (χ4v) is 3.91. The summed E-state index contributed by atoms with van der Waals surface area (Å²) in [7, 11) is 0. The van der Waals surface area contributed by atoms with Crippen LogP contribution in [0.5, 0.6) is 5.75 Å². The van der Waals surface area contributed by atoms with Crippen molar-refractivity contribution in [1.29, 1.82) is 5.26 Å². The van der Waals surface area contributed by atoms with Gasteiger partial charge in [-0.3, -0.25) is 0 Å². The number of benzene rings is 1. The van der Waals surface area contributed by atoms with Gasteiger partial charge in [0.1, 0.15) is 0 Å². The van der Waals surface area contributed by atoms with Crippen molar-refractivity contribution in [3.63, 3.8) is 0 Å². The number of ether oxygens (including phenoxy) is 2. The van der Waals surface area contributed by atoms with Gasteiger partial charge in [0.25, 0.3) is 0 Å². The molecular formula is C17H14N2O3Se. The number of nitriles is 1. The second-order valence-electron chi connectivity index (χ2n) is 4.47. The van der Waals surface area contributed by atoms with Crippen LogP contribution in [0, 0.1) is 30.6 Å². The zero-order valence-electron chi connectivity index (χ0n) is 12.8. The third-order valence-electron chi connectivity index (χ3n) is 2.92. The molecule has 0 aliphatic carbocycles. The SMILES string of the molecule is C#CCOc1ccc(-c2nc(C)c(C(=O)OCC)[se]2)cc1C#N. The van der Waals surface area contributed by atoms with Gasteiger partial charge in [-0.05, 0) is 0 Å². The molecule has 2 aromatic rings. The van der Waals surface area contributed by atoms with E-state index in [9.17, 15) is 10.1 Å². The molecule has 0 aliphatic heterocycles. The van der Waals surface area contributed by atoms with Crippen LogP contribution in [0.2, 0.25) is 0 Å². The molecule has 0 radical (unpaired) electrons. The number of nitrogens with zero attached hydrogens (tertiary/aromatic N) is 2. The molecule has 1 aromatic carbocycles. The van der Waals surface area contributed by atoms with Crippen molar-refractivity contribution in [3.8, 4) is 34.3 Å². The molecule has 6 heteroatoms. The summed E-state index contributed by atoms with van der Waals surface area (Å²) in [6.45, 7) is 4.00. The molecule has 0 unspecified atom stereocenters. The topological polar surface area (TPSA) is 72.2 Å². The molecule has 1 aromatic heterocycles. The molecule has 23 heavy (non-hydrogen) atoms. The second-order valence-corrected chi connectivity index (χ2v) is 6.57. The Morgan fingerprint density at radius 2 is 2.26 bits per heavy atom. The van der Waals surface area contributed by atoms with E-state index in [0.29, 0.717) is 28.1 Å². The van der Waals surface area contributed by atoms with Crippen LogP contribution in [-0.4, -0.2) is 38.7 Å². The fourth-order valence-electron chi connectivity index (χ4n) is 1.90. The van der Waals surface area contributed by atoms with Crippen molar-refractivity contribution in [2.24, 2.45) is 0 Å². The zero-order chi connectivity index (χ0) is 16.8. The van der Waals surface area contributed by atoms with E-state index in [2.05, 4.69) is 17.0 Å². The normalized spacial score (nSPS) is 9.74. The molecule has 0 N–H and O–H groups in total. The molecular weight excluding hydrogens is 359 g/mol. The van der Waals surface area contributed by atoms with E-state index in [1.54, 1.807) is 26.0 Å². The van der Waals surface area contributed by atoms with Gasteiger partial charge in [0, 0.05) is 0 Å². The summed E-state index contributed by atoms with van der Waals surface area (Å²) >= 11 is -0.246. The van der Waals surface area contributed by atoms with Gasteiger partial charge >= 0.3 is 140 Å². The molecule has 1 heterocycles. The number of terminal acetylenes is 1. The van der Waals surface area contributed by atoms with Gasteiger partial charge in [-0.2, -0.15) is 0 Å². The van der Waals surface area contributed by atoms with Crippen molar-refractivity contribution >= 4 is 20.5 Å². The minimum absolute atomic E-state index is 0.104. The van der Waals surface area contributed by atoms with Crippen LogP contribution in [0.4, 0.5) is 0 Å². The maximum absolute atomic E-state index is 11.9. The first-order valence-electron chi connectivity index (χ1n) is 6.86. The Morgan fingerprint density at radius 3 is 2.91 bits per heavy atom. The molecule has 0 aliphatic rings. The quantitative estimate of drug-likeness (QED) is 0.456. The Balaban J connectivity index is 2.36. The van der Waals surface area contributed by atoms with Crippen LogP contribution >= 0.6 is 0 Å². The number of rotatable bonds is 5. The molecule has 0 bridgehead atoms. The summed E-state index contributed by atoms with van der Waals surface area (Å²) in [5.41, 5.74) is 1.86. The van der Waals surface area contributed by atoms with Crippen LogP contribution in [-0.2, 0) is 4.74 Å². The Morgan fingerprint density at radius 1 is 1.48 bits per heavy atom. The summed E-state index contributed by atoms with van der Waals surface area (Å²) in [4.78, 5) is 16.4. The van der Waals surface area contributed by atoms with Gasteiger partial charge in [-0.25, -0.2) is 0 Å². The molecule has 0 fully saturated rings. The minimum atomic E-state index is -0.321. The van der Waals surface area contributed by atoms with Crippen molar-refractivity contribution in [3.05, 3.63) is 33.9 Å². The van der Waals surface area contributed by atoms with Gasteiger partial charge in [0.05, 0.1) is 0 Å². The molecule has 0 atom stereocenters. The Labute approximate surface area is 140 Å². The molecule has 5 nitrogen and oxygen atoms in total. The second kappa shape index (κ2) is 7.65. The van der Waals surface area contributed by atoms with Gasteiger partial charge in [-0.15, -0.1) is 0 Å². The Kier molecular flexibility index (Phi) is 5.60. The standard InChI is InChI=1S/C17H14N2O3Se/c1-4-8-22-14-7-6-12(9-13(14)10-18)16-19-11(3)15(23-16)17(20)21-5-2/h1,6-7,9H,5,8H2,2-3H3. The van der Waals surface area contributed by atoms with E-state index in [4.69, 9.17) is 15.9 Å². The first-order chi connectivity index (χ1) is 11.1. The summed E-state index contributed by atoms with van der Waals surface area (Å²) < 4.78 is 11.8. The monoisotopic (exact) mass is 374 g/mol. The number of carbonyl (C=O) groups excluding carboxylic acids is 1. The van der Waals surface area contributed by atoms with Gasteiger partial charge in [0.2, 0.25) is 0 Å². The number of aromatic nitrogens is 1. The molecule has 2 rings (SSSR count). The summed E-state index contributed by atoms with van der Waals surface area (Å²) in [6.07, 6.45) is 5.16. The number of hydrogen-bond donors (Lipinski definition) is 0. The van der Waals surface area contributed by atoms with Crippen molar-refractivity contribution in [1.82, 2.24) is 4.98 Å². The van der Waals surface area contributed by atoms with E-state index in [-0.39, 0.29) is 27.1 Å². The third kappa shape index (κ3) is 3.81. The number of aryl methyl sites for hydroxylation is 1. The third-order valence-corrected chi connectivity index (χ3v) is 5.40. The van der Waals surface area contributed by atoms with E-state index in [0.717, 1.165) is 10.1 Å². The summed E-state index contributed by atoms with van der Waals surface area (Å²) in [5.74, 6) is 2.48. The maximum atomic E-state index is 11.9. The van der Waals surface area contributed by atoms with E-state index in [1.807, 2.05) is 6.07 Å². The van der Waals surface area contributed by atoms with Crippen LogP contribution in [0.3, 0.4) is 0 Å². The average molecular weight is 373 g/mol. The molecule has 0 spiro atoms. The van der Waals surface area contributed by atoms with Gasteiger partial charge < -0.3 is 0 Å². The summed E-state index contributed by atoms with van der Waals surface area (Å²) in [5, 5.41) is 9.25. The van der Waals surface area contributed by atoms with Crippen LogP contribution in [0.1, 0.15) is 27.4 Å². The Bertz CT molecular complexity index is 812. The van der Waals surface area contributed by atoms with Crippen LogP contribution in [0.15, 0.2) is 18.2 Å². The van der Waals surface area contributed by atoms with Gasteiger partial charge in [0.15, 0.2) is 0 Å². The van der Waals surface area contributed by atoms with E-state index in [1.165, 1.54) is 0 Å². The van der Waals surface area contributed by atoms with Crippen molar-refractivity contribution < 1.29 is 14.3 Å². The zero-order valence-corrected chi connectivity index (χ0v) is 14.5. The molecule has 0 saturated heterocycles. The predicted octanol–water partition coefficient (Wildman–Crippen LogP) is 2.17. The Hall–Kier alpha value is -2.53. The average Bonchev–Trinajstić information content (AvgIpc) is 2.95. The molecule has 116 valence electrons. The summed E-state index contributed by atoms with van der Waals surface area (Å²) in [6, 6.07) is 7.30. The molecule has 0 amide bonds. The first kappa shape index (κ1) is 16.8. The first-order valence-corrected chi connectivity index (χ1v) is 8.57. The van der Waals surface area contributed by atoms with E-state index < -0.39 is 0 Å². The van der Waals surface area contributed by atoms with Crippen molar-refractivity contribution in [2.45, 2.75) is 13.8 Å². The van der Waals surface area contributed by atoms with Gasteiger partial charge in [-0.1, -0.05) is 0 Å². The molecule has 0 saturated carbocycles. The fraction of sp³-hybridized carbons (Fsp3) is 0.235. The number of hydrogen-bond acceptors (Lipinski definition) is 5. The van der Waals surface area contributed by atoms with Crippen LogP contribution in [0.25, 0.3) is 10.1 Å².